The monoisotopic (exact) mass is 282 g/mol. The van der Waals surface area contributed by atoms with Crippen LogP contribution in [0.15, 0.2) is 0 Å². The Labute approximate surface area is 123 Å². The minimum atomic E-state index is -0.514. The minimum Gasteiger partial charge on any atom is -0.468 e. The van der Waals surface area contributed by atoms with E-state index in [0.29, 0.717) is 23.8 Å². The second-order valence-corrected chi connectivity index (χ2v) is 6.98. The lowest BCUT2D eigenvalue weighted by atomic mass is 9.83. The molecule has 2 aliphatic rings. The number of carbonyl (C=O) groups is 1. The van der Waals surface area contributed by atoms with Gasteiger partial charge in [-0.25, -0.2) is 4.79 Å². The van der Waals surface area contributed by atoms with Crippen molar-refractivity contribution in [3.05, 3.63) is 0 Å². The fourth-order valence-corrected chi connectivity index (χ4v) is 3.87. The smallest absolute Gasteiger partial charge is 0.327 e. The van der Waals surface area contributed by atoms with E-state index < -0.39 is 5.54 Å². The van der Waals surface area contributed by atoms with Gasteiger partial charge in [-0.3, -0.25) is 4.90 Å². The van der Waals surface area contributed by atoms with E-state index in [-0.39, 0.29) is 5.97 Å². The zero-order valence-electron chi connectivity index (χ0n) is 13.6. The van der Waals surface area contributed by atoms with E-state index in [4.69, 9.17) is 4.74 Å². The van der Waals surface area contributed by atoms with Crippen LogP contribution in [-0.4, -0.2) is 49.7 Å². The standard InChI is InChI=1S/C16H30N2O2/c1-11-8-12(2)13(3)18(9-11)10-16(17-4,14-6-7-14)15(19)20-5/h11-14,17H,6-10H2,1-5H3. The van der Waals surface area contributed by atoms with E-state index in [1.54, 1.807) is 0 Å². The van der Waals surface area contributed by atoms with Gasteiger partial charge in [-0.2, -0.15) is 0 Å². The Morgan fingerprint density at radius 3 is 2.50 bits per heavy atom. The van der Waals surface area contributed by atoms with Crippen molar-refractivity contribution >= 4 is 5.97 Å². The Kier molecular flexibility index (Phi) is 4.75. The molecule has 116 valence electrons. The maximum absolute atomic E-state index is 12.4. The number of nitrogens with one attached hydrogen (secondary N) is 1. The van der Waals surface area contributed by atoms with Gasteiger partial charge in [0.2, 0.25) is 0 Å². The van der Waals surface area contributed by atoms with Crippen molar-refractivity contribution in [1.29, 1.82) is 0 Å². The summed E-state index contributed by atoms with van der Waals surface area (Å²) in [6.45, 7) is 8.78. The summed E-state index contributed by atoms with van der Waals surface area (Å²) in [5, 5.41) is 3.31. The van der Waals surface area contributed by atoms with Crippen LogP contribution in [-0.2, 0) is 9.53 Å². The maximum Gasteiger partial charge on any atom is 0.327 e. The minimum absolute atomic E-state index is 0.0967. The second kappa shape index (κ2) is 6.02. The van der Waals surface area contributed by atoms with Crippen LogP contribution in [0.2, 0.25) is 0 Å². The first kappa shape index (κ1) is 15.8. The van der Waals surface area contributed by atoms with Gasteiger partial charge >= 0.3 is 5.97 Å². The molecule has 2 rings (SSSR count). The number of carbonyl (C=O) groups excluding carboxylic acids is 1. The molecule has 4 nitrogen and oxygen atoms in total. The zero-order chi connectivity index (χ0) is 14.9. The van der Waals surface area contributed by atoms with Crippen LogP contribution < -0.4 is 5.32 Å². The molecule has 1 saturated heterocycles. The highest BCUT2D eigenvalue weighted by atomic mass is 16.5. The number of piperidine rings is 1. The molecule has 4 atom stereocenters. The molecule has 2 fully saturated rings. The number of esters is 1. The fraction of sp³-hybridized carbons (Fsp3) is 0.938. The van der Waals surface area contributed by atoms with Crippen LogP contribution in [0.25, 0.3) is 0 Å². The average molecular weight is 282 g/mol. The summed E-state index contributed by atoms with van der Waals surface area (Å²) in [5.41, 5.74) is -0.514. The topological polar surface area (TPSA) is 41.6 Å². The Bertz CT molecular complexity index is 356. The molecule has 0 aromatic rings. The highest BCUT2D eigenvalue weighted by Gasteiger charge is 2.52. The molecule has 0 radical (unpaired) electrons. The fourth-order valence-electron chi connectivity index (χ4n) is 3.87. The van der Waals surface area contributed by atoms with E-state index in [1.807, 2.05) is 7.05 Å². The van der Waals surface area contributed by atoms with Crippen LogP contribution in [0.3, 0.4) is 0 Å². The van der Waals surface area contributed by atoms with Crippen LogP contribution in [0.5, 0.6) is 0 Å². The number of ether oxygens (including phenoxy) is 1. The van der Waals surface area contributed by atoms with Crippen molar-refractivity contribution in [1.82, 2.24) is 10.2 Å². The van der Waals surface area contributed by atoms with E-state index in [9.17, 15) is 4.79 Å². The van der Waals surface area contributed by atoms with Gasteiger partial charge in [0, 0.05) is 19.1 Å². The number of likely N-dealkylation sites (N-methyl/N-ethyl adjacent to an activating group) is 1. The quantitative estimate of drug-likeness (QED) is 0.782. The largest absolute Gasteiger partial charge is 0.468 e. The molecule has 1 aliphatic carbocycles. The molecule has 0 amide bonds. The van der Waals surface area contributed by atoms with Gasteiger partial charge in [-0.05, 0) is 51.0 Å². The number of nitrogens with zero attached hydrogens (tertiary/aromatic N) is 1. The van der Waals surface area contributed by atoms with Crippen LogP contribution in [0.4, 0.5) is 0 Å². The highest BCUT2D eigenvalue weighted by Crippen LogP contribution is 2.42. The van der Waals surface area contributed by atoms with Crippen molar-refractivity contribution in [3.63, 3.8) is 0 Å². The summed E-state index contributed by atoms with van der Waals surface area (Å²) >= 11 is 0. The molecule has 4 heteroatoms. The van der Waals surface area contributed by atoms with Gasteiger partial charge < -0.3 is 10.1 Å². The summed E-state index contributed by atoms with van der Waals surface area (Å²) in [6.07, 6.45) is 3.54. The van der Waals surface area contributed by atoms with Gasteiger partial charge in [0.05, 0.1) is 7.11 Å². The molecule has 1 heterocycles. The van der Waals surface area contributed by atoms with Crippen LogP contribution in [0, 0.1) is 17.8 Å². The second-order valence-electron chi connectivity index (χ2n) is 6.98. The van der Waals surface area contributed by atoms with Gasteiger partial charge in [-0.15, -0.1) is 0 Å². The number of rotatable bonds is 5. The molecule has 1 saturated carbocycles. The SMILES string of the molecule is CNC(CN1CC(C)CC(C)C1C)(C(=O)OC)C1CC1. The van der Waals surface area contributed by atoms with Gasteiger partial charge in [-0.1, -0.05) is 13.8 Å². The van der Waals surface area contributed by atoms with Crippen molar-refractivity contribution in [2.75, 3.05) is 27.2 Å². The molecule has 1 aliphatic heterocycles. The Morgan fingerprint density at radius 2 is 2.00 bits per heavy atom. The summed E-state index contributed by atoms with van der Waals surface area (Å²) in [4.78, 5) is 14.9. The molecule has 0 bridgehead atoms. The highest BCUT2D eigenvalue weighted by molar-refractivity contribution is 5.82. The zero-order valence-corrected chi connectivity index (χ0v) is 13.6. The molecular weight excluding hydrogens is 252 g/mol. The third kappa shape index (κ3) is 2.86. The third-order valence-corrected chi connectivity index (χ3v) is 5.44. The molecular formula is C16H30N2O2. The molecule has 20 heavy (non-hydrogen) atoms. The number of hydrogen-bond donors (Lipinski definition) is 1. The Morgan fingerprint density at radius 1 is 1.35 bits per heavy atom. The molecule has 1 N–H and O–H groups in total. The first-order chi connectivity index (χ1) is 9.44. The van der Waals surface area contributed by atoms with Crippen LogP contribution >= 0.6 is 0 Å². The van der Waals surface area contributed by atoms with E-state index in [2.05, 4.69) is 31.0 Å². The number of likely N-dealkylation sites (tertiary alicyclic amines) is 1. The first-order valence-electron chi connectivity index (χ1n) is 7.96. The first-order valence-corrected chi connectivity index (χ1v) is 7.96. The molecule has 0 aromatic carbocycles. The van der Waals surface area contributed by atoms with Crippen LogP contribution in [0.1, 0.15) is 40.0 Å². The Balaban J connectivity index is 2.16. The predicted octanol–water partition coefficient (Wildman–Crippen LogP) is 1.89. The van der Waals surface area contributed by atoms with E-state index in [1.165, 1.54) is 13.5 Å². The number of methoxy groups -OCH3 is 1. The van der Waals surface area contributed by atoms with Crippen molar-refractivity contribution < 1.29 is 9.53 Å². The summed E-state index contributed by atoms with van der Waals surface area (Å²) in [5.74, 6) is 1.72. The lowest BCUT2D eigenvalue weighted by molar-refractivity contribution is -0.151. The average Bonchev–Trinajstić information content (AvgIpc) is 3.25. The molecule has 0 aromatic heterocycles. The van der Waals surface area contributed by atoms with Gasteiger partial charge in [0.25, 0.3) is 0 Å². The predicted molar refractivity (Wildman–Crippen MR) is 80.5 cm³/mol. The van der Waals surface area contributed by atoms with Crippen molar-refractivity contribution in [2.24, 2.45) is 17.8 Å². The normalized spacial score (nSPS) is 34.5. The van der Waals surface area contributed by atoms with Gasteiger partial charge in [0.15, 0.2) is 0 Å². The Hall–Kier alpha value is -0.610. The summed E-state index contributed by atoms with van der Waals surface area (Å²) in [7, 11) is 3.40. The van der Waals surface area contributed by atoms with E-state index in [0.717, 1.165) is 25.9 Å². The number of hydrogen-bond acceptors (Lipinski definition) is 4. The third-order valence-electron chi connectivity index (χ3n) is 5.44. The lowest BCUT2D eigenvalue weighted by Gasteiger charge is -2.45. The molecule has 0 spiro atoms. The maximum atomic E-state index is 12.4. The summed E-state index contributed by atoms with van der Waals surface area (Å²) in [6, 6.07) is 0.530. The lowest BCUT2D eigenvalue weighted by Crippen LogP contribution is -2.63. The van der Waals surface area contributed by atoms with Crippen molar-refractivity contribution in [3.8, 4) is 0 Å². The molecule has 4 unspecified atom stereocenters. The van der Waals surface area contributed by atoms with E-state index >= 15 is 0 Å². The van der Waals surface area contributed by atoms with Crippen molar-refractivity contribution in [2.45, 2.75) is 51.6 Å². The summed E-state index contributed by atoms with van der Waals surface area (Å²) < 4.78 is 5.11. The van der Waals surface area contributed by atoms with Gasteiger partial charge in [0.1, 0.15) is 5.54 Å².